The number of carbonyl (C=O) groups is 1. The van der Waals surface area contributed by atoms with E-state index in [0.717, 1.165) is 56.8 Å². The largest absolute Gasteiger partial charge is 0.493 e. The lowest BCUT2D eigenvalue weighted by atomic mass is 9.70. The Balaban J connectivity index is 1.36. The molecule has 0 radical (unpaired) electrons. The van der Waals surface area contributed by atoms with E-state index in [9.17, 15) is 4.79 Å². The van der Waals surface area contributed by atoms with E-state index in [0.29, 0.717) is 6.54 Å². The van der Waals surface area contributed by atoms with E-state index in [1.165, 1.54) is 22.3 Å². The predicted molar refractivity (Wildman–Crippen MR) is 118 cm³/mol. The van der Waals surface area contributed by atoms with Gasteiger partial charge in [-0.1, -0.05) is 24.3 Å². The van der Waals surface area contributed by atoms with E-state index in [1.807, 2.05) is 6.07 Å². The molecule has 30 heavy (non-hydrogen) atoms. The van der Waals surface area contributed by atoms with Crippen molar-refractivity contribution in [3.63, 3.8) is 0 Å². The lowest BCUT2D eigenvalue weighted by Crippen LogP contribution is -2.47. The molecule has 0 spiro atoms. The third kappa shape index (κ3) is 3.91. The van der Waals surface area contributed by atoms with Crippen molar-refractivity contribution in [1.82, 2.24) is 10.2 Å². The molecule has 1 aliphatic carbocycles. The first kappa shape index (κ1) is 20.7. The van der Waals surface area contributed by atoms with Gasteiger partial charge in [-0.2, -0.15) is 0 Å². The first-order chi connectivity index (χ1) is 14.5. The van der Waals surface area contributed by atoms with Crippen LogP contribution in [0.5, 0.6) is 11.5 Å². The minimum Gasteiger partial charge on any atom is -0.493 e. The average molecular weight is 409 g/mol. The van der Waals surface area contributed by atoms with Crippen molar-refractivity contribution in [2.45, 2.75) is 44.6 Å². The minimum absolute atomic E-state index is 0.151. The number of nitrogens with one attached hydrogen (secondary N) is 1. The molecule has 0 saturated carbocycles. The summed E-state index contributed by atoms with van der Waals surface area (Å²) >= 11 is 0. The molecule has 0 bridgehead atoms. The Kier molecular flexibility index (Phi) is 6.00. The topological polar surface area (TPSA) is 50.8 Å². The normalized spacial score (nSPS) is 20.8. The standard InChI is InChI=1S/C25H32N2O3/c1-25(11-6-8-18-7-4-5-9-21(18)25)24(28)26-12-14-27-13-10-19-15-22(29-2)23(30-3)16-20(19)17-27/h4-5,7,9,15-16H,6,8,10-14,17H2,1-3H3,(H,26,28). The molecule has 0 saturated heterocycles. The summed E-state index contributed by atoms with van der Waals surface area (Å²) in [5.74, 6) is 1.71. The van der Waals surface area contributed by atoms with E-state index >= 15 is 0 Å². The second kappa shape index (κ2) is 8.68. The maximum atomic E-state index is 13.1. The Bertz CT molecular complexity index is 927. The van der Waals surface area contributed by atoms with Gasteiger partial charge in [-0.05, 0) is 67.0 Å². The summed E-state index contributed by atoms with van der Waals surface area (Å²) < 4.78 is 10.9. The fraction of sp³-hybridized carbons (Fsp3) is 0.480. The Morgan fingerprint density at radius 1 is 1.07 bits per heavy atom. The van der Waals surface area contributed by atoms with Crippen LogP contribution in [0.15, 0.2) is 36.4 Å². The third-order valence-corrected chi connectivity index (χ3v) is 6.75. The van der Waals surface area contributed by atoms with Crippen molar-refractivity contribution in [1.29, 1.82) is 0 Å². The molecule has 2 aromatic carbocycles. The van der Waals surface area contributed by atoms with Crippen LogP contribution < -0.4 is 14.8 Å². The number of amides is 1. The number of benzene rings is 2. The number of hydrogen-bond donors (Lipinski definition) is 1. The highest BCUT2D eigenvalue weighted by Crippen LogP contribution is 2.37. The fourth-order valence-corrected chi connectivity index (χ4v) is 4.93. The number of carbonyl (C=O) groups excluding carboxylic acids is 1. The molecule has 4 rings (SSSR count). The monoisotopic (exact) mass is 408 g/mol. The third-order valence-electron chi connectivity index (χ3n) is 6.75. The van der Waals surface area contributed by atoms with E-state index in [-0.39, 0.29) is 5.91 Å². The van der Waals surface area contributed by atoms with Crippen LogP contribution in [0.1, 0.15) is 42.0 Å². The molecule has 1 atom stereocenters. The number of rotatable bonds is 6. The highest BCUT2D eigenvalue weighted by Gasteiger charge is 2.38. The van der Waals surface area contributed by atoms with Gasteiger partial charge in [0.1, 0.15) is 0 Å². The van der Waals surface area contributed by atoms with E-state index in [4.69, 9.17) is 9.47 Å². The van der Waals surface area contributed by atoms with Gasteiger partial charge in [0.05, 0.1) is 19.6 Å². The summed E-state index contributed by atoms with van der Waals surface area (Å²) in [7, 11) is 3.34. The van der Waals surface area contributed by atoms with Crippen LogP contribution in [0.4, 0.5) is 0 Å². The van der Waals surface area contributed by atoms with Gasteiger partial charge >= 0.3 is 0 Å². The molecule has 160 valence electrons. The smallest absolute Gasteiger partial charge is 0.230 e. The maximum Gasteiger partial charge on any atom is 0.230 e. The number of ether oxygens (including phenoxy) is 2. The number of nitrogens with zero attached hydrogens (tertiary/aromatic N) is 1. The molecular weight excluding hydrogens is 376 g/mol. The molecule has 5 heteroatoms. The Morgan fingerprint density at radius 3 is 2.57 bits per heavy atom. The van der Waals surface area contributed by atoms with E-state index < -0.39 is 5.41 Å². The van der Waals surface area contributed by atoms with Crippen LogP contribution in [-0.2, 0) is 29.6 Å². The van der Waals surface area contributed by atoms with Crippen molar-refractivity contribution < 1.29 is 14.3 Å². The Hall–Kier alpha value is -2.53. The Labute approximate surface area is 179 Å². The number of aryl methyl sites for hydroxylation is 1. The second-order valence-corrected chi connectivity index (χ2v) is 8.60. The van der Waals surface area contributed by atoms with Crippen molar-refractivity contribution in [2.75, 3.05) is 33.9 Å². The first-order valence-corrected chi connectivity index (χ1v) is 10.9. The van der Waals surface area contributed by atoms with Crippen molar-refractivity contribution in [3.8, 4) is 11.5 Å². The SMILES string of the molecule is COc1cc2c(cc1OC)CN(CCNC(=O)C1(C)CCCc3ccccc31)CC2. The number of fused-ring (bicyclic) bond motifs is 2. The van der Waals surface area contributed by atoms with Gasteiger partial charge < -0.3 is 14.8 Å². The molecule has 1 unspecified atom stereocenters. The average Bonchev–Trinajstić information content (AvgIpc) is 2.78. The van der Waals surface area contributed by atoms with Gasteiger partial charge in [0.25, 0.3) is 0 Å². The zero-order chi connectivity index (χ0) is 21.1. The maximum absolute atomic E-state index is 13.1. The van der Waals surface area contributed by atoms with Gasteiger partial charge in [0.15, 0.2) is 11.5 Å². The second-order valence-electron chi connectivity index (χ2n) is 8.60. The van der Waals surface area contributed by atoms with Gasteiger partial charge in [-0.25, -0.2) is 0 Å². The summed E-state index contributed by atoms with van der Waals surface area (Å²) in [6, 6.07) is 12.6. The number of methoxy groups -OCH3 is 2. The summed E-state index contributed by atoms with van der Waals surface area (Å²) in [4.78, 5) is 15.5. The zero-order valence-corrected chi connectivity index (χ0v) is 18.3. The predicted octanol–water partition coefficient (Wildman–Crippen LogP) is 3.47. The quantitative estimate of drug-likeness (QED) is 0.795. The fourth-order valence-electron chi connectivity index (χ4n) is 4.93. The molecular formula is C25H32N2O3. The van der Waals surface area contributed by atoms with Gasteiger partial charge in [-0.15, -0.1) is 0 Å². The summed E-state index contributed by atoms with van der Waals surface area (Å²) in [5.41, 5.74) is 4.69. The van der Waals surface area contributed by atoms with Gasteiger partial charge in [0, 0.05) is 26.2 Å². The summed E-state index contributed by atoms with van der Waals surface area (Å²) in [5, 5.41) is 3.22. The van der Waals surface area contributed by atoms with Crippen LogP contribution in [0.25, 0.3) is 0 Å². The first-order valence-electron chi connectivity index (χ1n) is 10.9. The summed E-state index contributed by atoms with van der Waals surface area (Å²) in [6.45, 7) is 5.46. The van der Waals surface area contributed by atoms with Crippen LogP contribution in [0.3, 0.4) is 0 Å². The summed E-state index contributed by atoms with van der Waals surface area (Å²) in [6.07, 6.45) is 4.03. The lowest BCUT2D eigenvalue weighted by Gasteiger charge is -2.35. The molecule has 5 nitrogen and oxygen atoms in total. The van der Waals surface area contributed by atoms with E-state index in [2.05, 4.69) is 47.5 Å². The number of hydrogen-bond acceptors (Lipinski definition) is 4. The molecule has 1 amide bonds. The van der Waals surface area contributed by atoms with Crippen LogP contribution >= 0.6 is 0 Å². The van der Waals surface area contributed by atoms with Gasteiger partial charge in [-0.3, -0.25) is 9.69 Å². The molecule has 1 N–H and O–H groups in total. The molecule has 1 heterocycles. The van der Waals surface area contributed by atoms with Crippen molar-refractivity contribution in [3.05, 3.63) is 58.7 Å². The molecule has 0 fully saturated rings. The van der Waals surface area contributed by atoms with E-state index in [1.54, 1.807) is 14.2 Å². The molecule has 0 aromatic heterocycles. The zero-order valence-electron chi connectivity index (χ0n) is 18.3. The van der Waals surface area contributed by atoms with Crippen LogP contribution in [0.2, 0.25) is 0 Å². The Morgan fingerprint density at radius 2 is 1.80 bits per heavy atom. The lowest BCUT2D eigenvalue weighted by molar-refractivity contribution is -0.126. The van der Waals surface area contributed by atoms with Crippen molar-refractivity contribution in [2.24, 2.45) is 0 Å². The molecule has 1 aliphatic heterocycles. The van der Waals surface area contributed by atoms with Crippen LogP contribution in [0, 0.1) is 0 Å². The van der Waals surface area contributed by atoms with Gasteiger partial charge in [0.2, 0.25) is 5.91 Å². The van der Waals surface area contributed by atoms with Crippen molar-refractivity contribution >= 4 is 5.91 Å². The van der Waals surface area contributed by atoms with Crippen LogP contribution in [-0.4, -0.2) is 44.7 Å². The highest BCUT2D eigenvalue weighted by atomic mass is 16.5. The molecule has 2 aliphatic rings. The highest BCUT2D eigenvalue weighted by molar-refractivity contribution is 5.88. The minimum atomic E-state index is -0.423. The molecule has 2 aromatic rings.